The standard InChI is InChI=1S/C14H22N4O3/c1-18-12(16-13(19)10-5-3-4-6-10)9-11(17-18)14(20)15-7-8-21-2/h9-10H,3-8H2,1-2H3,(H,15,20)(H,16,19). The van der Waals surface area contributed by atoms with Gasteiger partial charge >= 0.3 is 0 Å². The number of methoxy groups -OCH3 is 1. The van der Waals surface area contributed by atoms with Crippen molar-refractivity contribution in [1.82, 2.24) is 15.1 Å². The lowest BCUT2D eigenvalue weighted by atomic mass is 10.1. The molecule has 0 aliphatic heterocycles. The molecule has 1 aliphatic carbocycles. The third-order valence-electron chi connectivity index (χ3n) is 3.68. The van der Waals surface area contributed by atoms with E-state index >= 15 is 0 Å². The van der Waals surface area contributed by atoms with Crippen molar-refractivity contribution >= 4 is 17.6 Å². The molecule has 7 nitrogen and oxygen atoms in total. The van der Waals surface area contributed by atoms with Gasteiger partial charge in [0.25, 0.3) is 5.91 Å². The van der Waals surface area contributed by atoms with Gasteiger partial charge in [0, 0.05) is 32.7 Å². The van der Waals surface area contributed by atoms with Crippen LogP contribution in [0.1, 0.15) is 36.2 Å². The summed E-state index contributed by atoms with van der Waals surface area (Å²) in [5, 5.41) is 9.67. The molecule has 1 fully saturated rings. The quantitative estimate of drug-likeness (QED) is 0.764. The van der Waals surface area contributed by atoms with E-state index in [0.29, 0.717) is 19.0 Å². The highest BCUT2D eigenvalue weighted by atomic mass is 16.5. The predicted molar refractivity (Wildman–Crippen MR) is 78.0 cm³/mol. The van der Waals surface area contributed by atoms with Crippen molar-refractivity contribution in [2.45, 2.75) is 25.7 Å². The van der Waals surface area contributed by atoms with Crippen molar-refractivity contribution in [1.29, 1.82) is 0 Å². The molecule has 0 aromatic carbocycles. The van der Waals surface area contributed by atoms with Crippen molar-refractivity contribution in [2.24, 2.45) is 13.0 Å². The Morgan fingerprint density at radius 1 is 1.43 bits per heavy atom. The number of amides is 2. The van der Waals surface area contributed by atoms with E-state index in [0.717, 1.165) is 25.7 Å². The van der Waals surface area contributed by atoms with Crippen molar-refractivity contribution in [2.75, 3.05) is 25.6 Å². The summed E-state index contributed by atoms with van der Waals surface area (Å²) in [4.78, 5) is 24.0. The van der Waals surface area contributed by atoms with Crippen LogP contribution in [0.15, 0.2) is 6.07 Å². The van der Waals surface area contributed by atoms with E-state index in [1.54, 1.807) is 20.2 Å². The first-order valence-electron chi connectivity index (χ1n) is 7.24. The molecule has 0 atom stereocenters. The monoisotopic (exact) mass is 294 g/mol. The molecule has 0 radical (unpaired) electrons. The molecule has 1 aliphatic rings. The van der Waals surface area contributed by atoms with Gasteiger partial charge in [-0.25, -0.2) is 0 Å². The highest BCUT2D eigenvalue weighted by Crippen LogP contribution is 2.26. The molecular formula is C14H22N4O3. The molecule has 1 saturated carbocycles. The fourth-order valence-corrected chi connectivity index (χ4v) is 2.47. The minimum absolute atomic E-state index is 0.0156. The third kappa shape index (κ3) is 4.04. The normalized spacial score (nSPS) is 15.1. The number of nitrogens with one attached hydrogen (secondary N) is 2. The topological polar surface area (TPSA) is 85.3 Å². The van der Waals surface area contributed by atoms with Crippen LogP contribution in [-0.4, -0.2) is 41.9 Å². The summed E-state index contributed by atoms with van der Waals surface area (Å²) >= 11 is 0. The Balaban J connectivity index is 1.95. The lowest BCUT2D eigenvalue weighted by molar-refractivity contribution is -0.119. The zero-order chi connectivity index (χ0) is 15.2. The molecule has 1 aromatic heterocycles. The van der Waals surface area contributed by atoms with E-state index < -0.39 is 0 Å². The van der Waals surface area contributed by atoms with Gasteiger partial charge in [-0.3, -0.25) is 14.3 Å². The molecule has 116 valence electrons. The second kappa shape index (κ2) is 7.21. The van der Waals surface area contributed by atoms with Crippen LogP contribution >= 0.6 is 0 Å². The minimum Gasteiger partial charge on any atom is -0.383 e. The van der Waals surface area contributed by atoms with Crippen LogP contribution in [0.3, 0.4) is 0 Å². The Bertz CT molecular complexity index is 506. The zero-order valence-corrected chi connectivity index (χ0v) is 12.5. The van der Waals surface area contributed by atoms with Gasteiger partial charge in [-0.15, -0.1) is 0 Å². The Hall–Kier alpha value is -1.89. The smallest absolute Gasteiger partial charge is 0.271 e. The zero-order valence-electron chi connectivity index (χ0n) is 12.5. The van der Waals surface area contributed by atoms with Gasteiger partial charge in [0.1, 0.15) is 5.82 Å². The molecule has 2 rings (SSSR count). The van der Waals surface area contributed by atoms with Gasteiger partial charge < -0.3 is 15.4 Å². The first-order chi connectivity index (χ1) is 10.1. The molecule has 0 saturated heterocycles. The van der Waals surface area contributed by atoms with Gasteiger partial charge in [0.2, 0.25) is 5.91 Å². The number of hydrogen-bond donors (Lipinski definition) is 2. The van der Waals surface area contributed by atoms with Crippen LogP contribution in [0.2, 0.25) is 0 Å². The SMILES string of the molecule is COCCNC(=O)c1cc(NC(=O)C2CCCC2)n(C)n1. The molecule has 0 spiro atoms. The van der Waals surface area contributed by atoms with Crippen LogP contribution in [0.4, 0.5) is 5.82 Å². The molecular weight excluding hydrogens is 272 g/mol. The fourth-order valence-electron chi connectivity index (χ4n) is 2.47. The van der Waals surface area contributed by atoms with Gasteiger partial charge in [-0.05, 0) is 12.8 Å². The van der Waals surface area contributed by atoms with Crippen molar-refractivity contribution in [3.8, 4) is 0 Å². The summed E-state index contributed by atoms with van der Waals surface area (Å²) in [6.45, 7) is 0.875. The van der Waals surface area contributed by atoms with E-state index in [2.05, 4.69) is 15.7 Å². The van der Waals surface area contributed by atoms with Crippen LogP contribution < -0.4 is 10.6 Å². The van der Waals surface area contributed by atoms with Gasteiger partial charge in [-0.1, -0.05) is 12.8 Å². The number of carbonyl (C=O) groups excluding carboxylic acids is 2. The van der Waals surface area contributed by atoms with Crippen molar-refractivity contribution in [3.63, 3.8) is 0 Å². The number of anilines is 1. The Morgan fingerprint density at radius 2 is 2.14 bits per heavy atom. The molecule has 1 aromatic rings. The third-order valence-corrected chi connectivity index (χ3v) is 3.68. The summed E-state index contributed by atoms with van der Waals surface area (Å²) in [6.07, 6.45) is 4.09. The average Bonchev–Trinajstić information content (AvgIpc) is 3.09. The van der Waals surface area contributed by atoms with Crippen LogP contribution in [0.25, 0.3) is 0 Å². The van der Waals surface area contributed by atoms with E-state index in [4.69, 9.17) is 4.74 Å². The molecule has 7 heteroatoms. The molecule has 0 unspecified atom stereocenters. The maximum absolute atomic E-state index is 12.1. The minimum atomic E-state index is -0.274. The fraction of sp³-hybridized carbons (Fsp3) is 0.643. The van der Waals surface area contributed by atoms with Crippen LogP contribution in [-0.2, 0) is 16.6 Å². The first-order valence-corrected chi connectivity index (χ1v) is 7.24. The largest absolute Gasteiger partial charge is 0.383 e. The number of aromatic nitrogens is 2. The van der Waals surface area contributed by atoms with E-state index in [-0.39, 0.29) is 23.4 Å². The van der Waals surface area contributed by atoms with E-state index in [1.807, 2.05) is 0 Å². The molecule has 1 heterocycles. The Kier molecular flexibility index (Phi) is 5.32. The summed E-state index contributed by atoms with van der Waals surface area (Å²) in [7, 11) is 3.28. The van der Waals surface area contributed by atoms with Crippen LogP contribution in [0.5, 0.6) is 0 Å². The molecule has 2 N–H and O–H groups in total. The van der Waals surface area contributed by atoms with E-state index in [9.17, 15) is 9.59 Å². The second-order valence-electron chi connectivity index (χ2n) is 5.26. The maximum atomic E-state index is 12.1. The average molecular weight is 294 g/mol. The summed E-state index contributed by atoms with van der Waals surface area (Å²) in [6, 6.07) is 1.59. The predicted octanol–water partition coefficient (Wildman–Crippen LogP) is 0.925. The van der Waals surface area contributed by atoms with E-state index in [1.165, 1.54) is 4.68 Å². The van der Waals surface area contributed by atoms with Gasteiger partial charge in [-0.2, -0.15) is 5.10 Å². The van der Waals surface area contributed by atoms with Gasteiger partial charge in [0.15, 0.2) is 5.69 Å². The van der Waals surface area contributed by atoms with Crippen molar-refractivity contribution < 1.29 is 14.3 Å². The summed E-state index contributed by atoms with van der Waals surface area (Å²) in [5.74, 6) is 0.369. The number of rotatable bonds is 6. The molecule has 21 heavy (non-hydrogen) atoms. The highest BCUT2D eigenvalue weighted by molar-refractivity contribution is 5.96. The number of nitrogens with zero attached hydrogens (tertiary/aromatic N) is 2. The number of hydrogen-bond acceptors (Lipinski definition) is 4. The maximum Gasteiger partial charge on any atom is 0.271 e. The number of carbonyl (C=O) groups is 2. The number of ether oxygens (including phenoxy) is 1. The highest BCUT2D eigenvalue weighted by Gasteiger charge is 2.24. The lowest BCUT2D eigenvalue weighted by Gasteiger charge is -2.09. The summed E-state index contributed by atoms with van der Waals surface area (Å²) < 4.78 is 6.38. The first kappa shape index (κ1) is 15.5. The lowest BCUT2D eigenvalue weighted by Crippen LogP contribution is -2.27. The summed E-state index contributed by atoms with van der Waals surface area (Å²) in [5.41, 5.74) is 0.287. The second-order valence-corrected chi connectivity index (χ2v) is 5.26. The van der Waals surface area contributed by atoms with Crippen LogP contribution in [0, 0.1) is 5.92 Å². The molecule has 2 amide bonds. The Labute approximate surface area is 124 Å². The van der Waals surface area contributed by atoms with Crippen molar-refractivity contribution in [3.05, 3.63) is 11.8 Å². The molecule has 0 bridgehead atoms. The number of aryl methyl sites for hydroxylation is 1. The van der Waals surface area contributed by atoms with Gasteiger partial charge in [0.05, 0.1) is 6.61 Å². The Morgan fingerprint density at radius 3 is 2.81 bits per heavy atom.